The lowest BCUT2D eigenvalue weighted by atomic mass is 10.1. The van der Waals surface area contributed by atoms with Gasteiger partial charge < -0.3 is 15.2 Å². The van der Waals surface area contributed by atoms with Crippen LogP contribution in [0.5, 0.6) is 0 Å². The van der Waals surface area contributed by atoms with Crippen molar-refractivity contribution in [3.63, 3.8) is 0 Å². The summed E-state index contributed by atoms with van der Waals surface area (Å²) in [6.45, 7) is -0.822. The zero-order valence-electron chi connectivity index (χ0n) is 7.72. The van der Waals surface area contributed by atoms with Crippen molar-refractivity contribution in [3.05, 3.63) is 33.0 Å². The summed E-state index contributed by atoms with van der Waals surface area (Å²) in [6.07, 6.45) is -3.14. The van der Waals surface area contributed by atoms with Crippen molar-refractivity contribution >= 4 is 5.82 Å². The van der Waals surface area contributed by atoms with E-state index in [0.717, 1.165) is 6.07 Å². The first-order valence-electron chi connectivity index (χ1n) is 3.98. The SMILES string of the molecule is N#Cc1cc(CO)c(C(F)F)c([N+](=O)[O-])n1. The van der Waals surface area contributed by atoms with Gasteiger partial charge in [0.05, 0.1) is 6.61 Å². The van der Waals surface area contributed by atoms with Crippen LogP contribution in [-0.2, 0) is 6.61 Å². The molecule has 0 amide bonds. The number of hydrogen-bond acceptors (Lipinski definition) is 5. The quantitative estimate of drug-likeness (QED) is 0.621. The van der Waals surface area contributed by atoms with Crippen molar-refractivity contribution in [2.24, 2.45) is 0 Å². The van der Waals surface area contributed by atoms with E-state index in [0.29, 0.717) is 0 Å². The van der Waals surface area contributed by atoms with Gasteiger partial charge in [-0.3, -0.25) is 0 Å². The lowest BCUT2D eigenvalue weighted by Crippen LogP contribution is -2.05. The third-order valence-corrected chi connectivity index (χ3v) is 1.80. The molecule has 1 rings (SSSR count). The van der Waals surface area contributed by atoms with Gasteiger partial charge in [0.2, 0.25) is 0 Å². The summed E-state index contributed by atoms with van der Waals surface area (Å²) in [5, 5.41) is 27.8. The molecule has 1 N–H and O–H groups in total. The summed E-state index contributed by atoms with van der Waals surface area (Å²) in [6, 6.07) is 2.39. The highest BCUT2D eigenvalue weighted by Gasteiger charge is 2.28. The van der Waals surface area contributed by atoms with Crippen LogP contribution in [-0.4, -0.2) is 15.0 Å². The molecule has 0 radical (unpaired) electrons. The normalized spacial score (nSPS) is 10.2. The van der Waals surface area contributed by atoms with E-state index in [1.807, 2.05) is 0 Å². The second-order valence-corrected chi connectivity index (χ2v) is 2.73. The van der Waals surface area contributed by atoms with Gasteiger partial charge in [0.1, 0.15) is 11.6 Å². The maximum absolute atomic E-state index is 12.5. The van der Waals surface area contributed by atoms with E-state index in [-0.39, 0.29) is 11.3 Å². The van der Waals surface area contributed by atoms with Crippen LogP contribution in [0.1, 0.15) is 23.2 Å². The van der Waals surface area contributed by atoms with E-state index < -0.39 is 29.3 Å². The van der Waals surface area contributed by atoms with Crippen molar-refractivity contribution in [2.75, 3.05) is 0 Å². The molecule has 0 bridgehead atoms. The fourth-order valence-electron chi connectivity index (χ4n) is 1.16. The molecule has 1 aromatic rings. The molecular weight excluding hydrogens is 224 g/mol. The molecule has 8 heteroatoms. The van der Waals surface area contributed by atoms with Crippen LogP contribution < -0.4 is 0 Å². The van der Waals surface area contributed by atoms with Gasteiger partial charge in [-0.25, -0.2) is 8.78 Å². The number of aliphatic hydroxyl groups excluding tert-OH is 1. The number of aromatic nitrogens is 1. The van der Waals surface area contributed by atoms with Gasteiger partial charge in [0.25, 0.3) is 12.1 Å². The number of hydrogen-bond donors (Lipinski definition) is 1. The highest BCUT2D eigenvalue weighted by molar-refractivity contribution is 5.44. The molecule has 0 aliphatic rings. The predicted molar refractivity (Wildman–Crippen MR) is 46.5 cm³/mol. The standard InChI is InChI=1S/C8H5F2N3O3/c9-7(10)6-4(3-14)1-5(2-11)12-8(6)13(15)16/h1,7,14H,3H2. The molecule has 0 unspecified atom stereocenters. The third-order valence-electron chi connectivity index (χ3n) is 1.80. The Kier molecular flexibility index (Phi) is 3.42. The fraction of sp³-hybridized carbons (Fsp3) is 0.250. The molecular formula is C8H5F2N3O3. The molecule has 0 aliphatic carbocycles. The molecule has 0 saturated heterocycles. The van der Waals surface area contributed by atoms with E-state index in [9.17, 15) is 18.9 Å². The Morgan fingerprint density at radius 1 is 1.69 bits per heavy atom. The van der Waals surface area contributed by atoms with Gasteiger partial charge in [-0.2, -0.15) is 5.26 Å². The molecule has 0 aromatic carbocycles. The van der Waals surface area contributed by atoms with Gasteiger partial charge in [-0.05, 0) is 9.91 Å². The van der Waals surface area contributed by atoms with Crippen molar-refractivity contribution < 1.29 is 18.8 Å². The second kappa shape index (κ2) is 4.59. The van der Waals surface area contributed by atoms with Crippen LogP contribution >= 0.6 is 0 Å². The number of pyridine rings is 1. The minimum absolute atomic E-state index is 0.367. The molecule has 16 heavy (non-hydrogen) atoms. The zero-order valence-corrected chi connectivity index (χ0v) is 7.72. The van der Waals surface area contributed by atoms with Crippen LogP contribution in [0.15, 0.2) is 6.07 Å². The molecule has 0 atom stereocenters. The number of rotatable bonds is 3. The summed E-state index contributed by atoms with van der Waals surface area (Å²) in [5.74, 6) is -1.10. The van der Waals surface area contributed by atoms with Crippen LogP contribution in [0, 0.1) is 21.4 Å². The zero-order chi connectivity index (χ0) is 12.3. The molecule has 0 aliphatic heterocycles. The number of halogens is 2. The summed E-state index contributed by atoms with van der Waals surface area (Å²) in [4.78, 5) is 12.5. The van der Waals surface area contributed by atoms with Crippen LogP contribution in [0.2, 0.25) is 0 Å². The summed E-state index contributed by atoms with van der Waals surface area (Å²) in [5.41, 5.74) is -1.71. The smallest absolute Gasteiger partial charge is 0.374 e. The van der Waals surface area contributed by atoms with Gasteiger partial charge in [-0.1, -0.05) is 0 Å². The molecule has 0 fully saturated rings. The topological polar surface area (TPSA) is 100 Å². The van der Waals surface area contributed by atoms with Gasteiger partial charge in [0, 0.05) is 11.6 Å². The Hall–Kier alpha value is -2.14. The first-order valence-corrected chi connectivity index (χ1v) is 3.98. The predicted octanol–water partition coefficient (Wildman–Crippen LogP) is 1.29. The van der Waals surface area contributed by atoms with Crippen LogP contribution in [0.3, 0.4) is 0 Å². The monoisotopic (exact) mass is 229 g/mol. The number of aliphatic hydroxyl groups is 1. The maximum atomic E-state index is 12.5. The summed E-state index contributed by atoms with van der Waals surface area (Å²) in [7, 11) is 0. The Morgan fingerprint density at radius 2 is 2.31 bits per heavy atom. The highest BCUT2D eigenvalue weighted by Crippen LogP contribution is 2.31. The van der Waals surface area contributed by atoms with Crippen LogP contribution in [0.25, 0.3) is 0 Å². The van der Waals surface area contributed by atoms with Gasteiger partial charge in [0.15, 0.2) is 0 Å². The van der Waals surface area contributed by atoms with Crippen molar-refractivity contribution in [3.8, 4) is 6.07 Å². The summed E-state index contributed by atoms with van der Waals surface area (Å²) < 4.78 is 25.1. The average Bonchev–Trinajstić information content (AvgIpc) is 2.26. The van der Waals surface area contributed by atoms with Gasteiger partial charge >= 0.3 is 5.82 Å². The number of nitriles is 1. The molecule has 6 nitrogen and oxygen atoms in total. The average molecular weight is 229 g/mol. The van der Waals surface area contributed by atoms with E-state index in [4.69, 9.17) is 10.4 Å². The number of alkyl halides is 2. The van der Waals surface area contributed by atoms with Crippen molar-refractivity contribution in [1.82, 2.24) is 4.98 Å². The van der Waals surface area contributed by atoms with E-state index >= 15 is 0 Å². The van der Waals surface area contributed by atoms with Crippen LogP contribution in [0.4, 0.5) is 14.6 Å². The molecule has 0 saturated carbocycles. The Bertz CT molecular complexity index is 470. The molecule has 84 valence electrons. The van der Waals surface area contributed by atoms with E-state index in [1.54, 1.807) is 0 Å². The van der Waals surface area contributed by atoms with Gasteiger partial charge in [-0.15, -0.1) is 0 Å². The van der Waals surface area contributed by atoms with Crippen molar-refractivity contribution in [2.45, 2.75) is 13.0 Å². The third kappa shape index (κ3) is 2.09. The van der Waals surface area contributed by atoms with E-state index in [2.05, 4.69) is 4.98 Å². The Morgan fingerprint density at radius 3 is 2.69 bits per heavy atom. The van der Waals surface area contributed by atoms with E-state index in [1.165, 1.54) is 6.07 Å². The fourth-order valence-corrected chi connectivity index (χ4v) is 1.16. The molecule has 1 heterocycles. The number of nitro groups is 1. The first kappa shape index (κ1) is 11.9. The minimum Gasteiger partial charge on any atom is -0.392 e. The summed E-state index contributed by atoms with van der Waals surface area (Å²) >= 11 is 0. The Balaban J connectivity index is 3.55. The minimum atomic E-state index is -3.14. The van der Waals surface area contributed by atoms with Crippen molar-refractivity contribution in [1.29, 1.82) is 5.26 Å². The maximum Gasteiger partial charge on any atom is 0.374 e. The lowest BCUT2D eigenvalue weighted by molar-refractivity contribution is -0.391. The number of nitrogens with zero attached hydrogens (tertiary/aromatic N) is 3. The lowest BCUT2D eigenvalue weighted by Gasteiger charge is -2.06. The first-order chi connectivity index (χ1) is 7.51. The second-order valence-electron chi connectivity index (χ2n) is 2.73. The molecule has 0 spiro atoms. The molecule has 1 aromatic heterocycles. The largest absolute Gasteiger partial charge is 0.392 e. The highest BCUT2D eigenvalue weighted by atomic mass is 19.3. The Labute approximate surface area is 87.9 Å².